The molecule has 0 aromatic heterocycles. The lowest BCUT2D eigenvalue weighted by molar-refractivity contribution is -0.115. The van der Waals surface area contributed by atoms with E-state index >= 15 is 0 Å². The van der Waals surface area contributed by atoms with Crippen molar-refractivity contribution in [3.63, 3.8) is 0 Å². The first-order chi connectivity index (χ1) is 13.7. The topological polar surface area (TPSA) is 128 Å². The maximum Gasteiger partial charge on any atom is 0.264 e. The van der Waals surface area contributed by atoms with Crippen LogP contribution in [0, 0.1) is 0 Å². The Hall–Kier alpha value is -3.14. The number of anilines is 1. The molecule has 2 aromatic carbocycles. The van der Waals surface area contributed by atoms with Crippen LogP contribution in [0.2, 0.25) is 0 Å². The van der Waals surface area contributed by atoms with E-state index in [2.05, 4.69) is 15.4 Å². The van der Waals surface area contributed by atoms with Crippen molar-refractivity contribution in [3.8, 4) is 0 Å². The van der Waals surface area contributed by atoms with Crippen LogP contribution in [0.15, 0.2) is 54.6 Å². The number of hydrogen-bond acceptors (Lipinski definition) is 5. The van der Waals surface area contributed by atoms with Crippen molar-refractivity contribution in [3.05, 3.63) is 71.3 Å². The molecule has 0 spiro atoms. The van der Waals surface area contributed by atoms with Crippen molar-refractivity contribution >= 4 is 39.1 Å². The summed E-state index contributed by atoms with van der Waals surface area (Å²) in [5, 5.41) is 5.47. The molecule has 0 atom stereocenters. The van der Waals surface area contributed by atoms with Crippen LogP contribution in [0.25, 0.3) is 4.91 Å². The molecule has 3 rings (SSSR count). The van der Waals surface area contributed by atoms with Gasteiger partial charge < -0.3 is 10.6 Å². The van der Waals surface area contributed by atoms with Gasteiger partial charge in [0.25, 0.3) is 11.8 Å². The smallest absolute Gasteiger partial charge is 0.264 e. The van der Waals surface area contributed by atoms with Crippen LogP contribution in [0.4, 0.5) is 5.69 Å². The van der Waals surface area contributed by atoms with Crippen LogP contribution < -0.4 is 15.4 Å². The van der Waals surface area contributed by atoms with E-state index in [1.807, 2.05) is 12.1 Å². The molecule has 2 aromatic rings. The second-order valence-corrected chi connectivity index (χ2v) is 8.23. The van der Waals surface area contributed by atoms with Gasteiger partial charge in [0.1, 0.15) is 0 Å². The summed E-state index contributed by atoms with van der Waals surface area (Å²) >= 11 is 0. The van der Waals surface area contributed by atoms with Gasteiger partial charge in [-0.1, -0.05) is 35.0 Å². The molecule has 1 aliphatic rings. The first-order valence-electron chi connectivity index (χ1n) is 8.81. The molecule has 9 heteroatoms. The highest BCUT2D eigenvalue weighted by atomic mass is 32.3. The molecule has 0 bridgehead atoms. The zero-order valence-electron chi connectivity index (χ0n) is 15.6. The third kappa shape index (κ3) is 5.23. The molecule has 8 nitrogen and oxygen atoms in total. The van der Waals surface area contributed by atoms with Gasteiger partial charge in [0, 0.05) is 30.8 Å². The fourth-order valence-electron chi connectivity index (χ4n) is 2.84. The van der Waals surface area contributed by atoms with E-state index in [1.165, 1.54) is 13.0 Å². The maximum atomic E-state index is 12.2. The van der Waals surface area contributed by atoms with Gasteiger partial charge in [-0.25, -0.2) is 4.72 Å². The van der Waals surface area contributed by atoms with Gasteiger partial charge in [0.05, 0.1) is 4.91 Å². The molecule has 152 valence electrons. The van der Waals surface area contributed by atoms with Crippen LogP contribution in [0.1, 0.15) is 28.4 Å². The average molecular weight is 415 g/mol. The van der Waals surface area contributed by atoms with Crippen LogP contribution in [-0.4, -0.2) is 33.4 Å². The summed E-state index contributed by atoms with van der Waals surface area (Å²) in [5.74, 6) is -0.923. The van der Waals surface area contributed by atoms with Gasteiger partial charge in [-0.2, -0.15) is 0 Å². The lowest BCUT2D eigenvalue weighted by Gasteiger charge is -2.29. The normalized spacial score (nSPS) is 15.8. The van der Waals surface area contributed by atoms with Crippen LogP contribution in [0.3, 0.4) is 0 Å². The minimum atomic E-state index is -3.29. The van der Waals surface area contributed by atoms with E-state index in [9.17, 15) is 23.5 Å². The standard InChI is InChI=1S/C20H21N3O5S/c1-13(24)22-17-8-6-16(7-9-17)20(26)21-11-10-14-2-4-15(5-3-14)18-12-19(25)23-29(18,27)28/h2-9,12,27-28H,10-11H2,1H3,(H,21,26)(H,22,24)(H,23,25). The van der Waals surface area contributed by atoms with Gasteiger partial charge in [0.2, 0.25) is 5.91 Å². The number of nitrogens with one attached hydrogen (secondary N) is 3. The minimum Gasteiger partial charge on any atom is -0.352 e. The number of benzene rings is 2. The Morgan fingerprint density at radius 2 is 1.69 bits per heavy atom. The van der Waals surface area contributed by atoms with Gasteiger partial charge in [0.15, 0.2) is 0 Å². The van der Waals surface area contributed by atoms with Crippen molar-refractivity contribution in [1.82, 2.24) is 10.0 Å². The largest absolute Gasteiger partial charge is 0.352 e. The average Bonchev–Trinajstić information content (AvgIpc) is 2.94. The van der Waals surface area contributed by atoms with Gasteiger partial charge in [-0.3, -0.25) is 23.5 Å². The highest BCUT2D eigenvalue weighted by Crippen LogP contribution is 2.52. The van der Waals surface area contributed by atoms with E-state index in [-0.39, 0.29) is 16.7 Å². The van der Waals surface area contributed by atoms with Crippen LogP contribution in [0.5, 0.6) is 0 Å². The van der Waals surface area contributed by atoms with Crippen molar-refractivity contribution in [2.75, 3.05) is 11.9 Å². The summed E-state index contributed by atoms with van der Waals surface area (Å²) in [6.45, 7) is 1.84. The lowest BCUT2D eigenvalue weighted by Crippen LogP contribution is -2.25. The molecular formula is C20H21N3O5S. The maximum absolute atomic E-state index is 12.2. The first kappa shape index (κ1) is 20.6. The Morgan fingerprint density at radius 1 is 1.03 bits per heavy atom. The highest BCUT2D eigenvalue weighted by molar-refractivity contribution is 8.31. The third-order valence-electron chi connectivity index (χ3n) is 4.22. The van der Waals surface area contributed by atoms with Crippen LogP contribution >= 0.6 is 10.8 Å². The summed E-state index contributed by atoms with van der Waals surface area (Å²) < 4.78 is 21.9. The predicted octanol–water partition coefficient (Wildman–Crippen LogP) is 2.75. The van der Waals surface area contributed by atoms with E-state index in [0.717, 1.165) is 5.56 Å². The molecule has 0 aliphatic carbocycles. The van der Waals surface area contributed by atoms with E-state index < -0.39 is 16.7 Å². The second-order valence-electron chi connectivity index (χ2n) is 6.49. The quantitative estimate of drug-likeness (QED) is 0.496. The minimum absolute atomic E-state index is 0.171. The Labute approximate surface area is 169 Å². The summed E-state index contributed by atoms with van der Waals surface area (Å²) in [5.41, 5.74) is 2.62. The SMILES string of the molecule is CC(=O)Nc1ccc(C(=O)NCCc2ccc(C3=CC(=O)NS3(O)O)cc2)cc1. The zero-order chi connectivity index (χ0) is 21.0. The van der Waals surface area contributed by atoms with Crippen molar-refractivity contribution in [2.45, 2.75) is 13.3 Å². The van der Waals surface area contributed by atoms with E-state index in [0.29, 0.717) is 29.8 Å². The summed E-state index contributed by atoms with van der Waals surface area (Å²) in [7, 11) is -3.29. The number of hydrogen-bond donors (Lipinski definition) is 5. The molecule has 3 amide bonds. The van der Waals surface area contributed by atoms with Crippen molar-refractivity contribution in [2.24, 2.45) is 0 Å². The zero-order valence-corrected chi connectivity index (χ0v) is 16.5. The van der Waals surface area contributed by atoms with Gasteiger partial charge in [-0.15, -0.1) is 0 Å². The molecule has 1 heterocycles. The molecule has 1 aliphatic heterocycles. The molecule has 0 saturated carbocycles. The number of rotatable bonds is 6. The Bertz CT molecular complexity index is 969. The van der Waals surface area contributed by atoms with E-state index in [1.54, 1.807) is 36.4 Å². The summed E-state index contributed by atoms with van der Waals surface area (Å²) in [6, 6.07) is 13.6. The monoisotopic (exact) mass is 415 g/mol. The molecule has 29 heavy (non-hydrogen) atoms. The lowest BCUT2D eigenvalue weighted by atomic mass is 10.1. The molecule has 0 unspecified atom stereocenters. The van der Waals surface area contributed by atoms with E-state index in [4.69, 9.17) is 0 Å². The molecule has 0 radical (unpaired) electrons. The number of carbonyl (C=O) groups is 3. The van der Waals surface area contributed by atoms with Gasteiger partial charge in [-0.05, 0) is 41.8 Å². The first-order valence-corrected chi connectivity index (χ1v) is 10.4. The summed E-state index contributed by atoms with van der Waals surface area (Å²) in [4.78, 5) is 34.7. The molecular weight excluding hydrogens is 394 g/mol. The Kier molecular flexibility index (Phi) is 6.02. The predicted molar refractivity (Wildman–Crippen MR) is 112 cm³/mol. The van der Waals surface area contributed by atoms with Crippen LogP contribution in [-0.2, 0) is 16.0 Å². The van der Waals surface area contributed by atoms with Gasteiger partial charge >= 0.3 is 0 Å². The van der Waals surface area contributed by atoms with Crippen molar-refractivity contribution in [1.29, 1.82) is 0 Å². The number of amides is 3. The molecule has 0 fully saturated rings. The Morgan fingerprint density at radius 3 is 2.24 bits per heavy atom. The fourth-order valence-corrected chi connectivity index (χ4v) is 4.03. The summed E-state index contributed by atoms with van der Waals surface area (Å²) in [6.07, 6.45) is 1.77. The second kappa shape index (κ2) is 8.48. The molecule has 0 saturated heterocycles. The highest BCUT2D eigenvalue weighted by Gasteiger charge is 2.29. The third-order valence-corrected chi connectivity index (χ3v) is 5.67. The van der Waals surface area contributed by atoms with Crippen molar-refractivity contribution < 1.29 is 23.5 Å². The number of carbonyl (C=O) groups excluding carboxylic acids is 3. The molecule has 5 N–H and O–H groups in total. The fraction of sp³-hybridized carbons (Fsp3) is 0.150. The Balaban J connectivity index is 1.53.